The van der Waals surface area contributed by atoms with Crippen molar-refractivity contribution >= 4 is 0 Å². The zero-order valence-electron chi connectivity index (χ0n) is 10.4. The molecule has 0 aliphatic heterocycles. The van der Waals surface area contributed by atoms with Crippen molar-refractivity contribution in [2.24, 2.45) is 0 Å². The number of aliphatic hydroxyl groups is 1. The Balaban J connectivity index is 3.27. The molecule has 90 valence electrons. The Morgan fingerprint density at radius 3 is 2.06 bits per heavy atom. The van der Waals surface area contributed by atoms with Gasteiger partial charge in [-0.2, -0.15) is 0 Å². The van der Waals surface area contributed by atoms with Crippen LogP contribution in [0.15, 0.2) is 18.2 Å². The summed E-state index contributed by atoms with van der Waals surface area (Å²) in [7, 11) is 3.20. The van der Waals surface area contributed by atoms with Crippen molar-refractivity contribution in [2.45, 2.75) is 32.3 Å². The van der Waals surface area contributed by atoms with E-state index in [0.29, 0.717) is 17.9 Å². The molecule has 3 heteroatoms. The molecule has 0 saturated heterocycles. The van der Waals surface area contributed by atoms with Gasteiger partial charge in [0, 0.05) is 0 Å². The van der Waals surface area contributed by atoms with Crippen molar-refractivity contribution in [3.63, 3.8) is 0 Å². The van der Waals surface area contributed by atoms with Crippen LogP contribution in [-0.4, -0.2) is 19.3 Å². The standard InChI is InChI=1S/C13H20O3/c1-5-9-13(2,14)12-10(15-3)7-6-8-11(12)16-4/h6-8,14H,5,9H2,1-4H3. The van der Waals surface area contributed by atoms with Crippen LogP contribution >= 0.6 is 0 Å². The molecule has 16 heavy (non-hydrogen) atoms. The Morgan fingerprint density at radius 1 is 1.19 bits per heavy atom. The van der Waals surface area contributed by atoms with Gasteiger partial charge in [-0.25, -0.2) is 0 Å². The molecule has 0 radical (unpaired) electrons. The minimum absolute atomic E-state index is 0.665. The second-order valence-electron chi connectivity index (χ2n) is 4.06. The van der Waals surface area contributed by atoms with Crippen molar-refractivity contribution in [3.8, 4) is 11.5 Å². The lowest BCUT2D eigenvalue weighted by atomic mass is 9.90. The van der Waals surface area contributed by atoms with Crippen molar-refractivity contribution in [2.75, 3.05) is 14.2 Å². The van der Waals surface area contributed by atoms with Crippen molar-refractivity contribution in [3.05, 3.63) is 23.8 Å². The maximum Gasteiger partial charge on any atom is 0.128 e. The second kappa shape index (κ2) is 5.21. The summed E-state index contributed by atoms with van der Waals surface area (Å²) in [5.74, 6) is 1.33. The van der Waals surface area contributed by atoms with Crippen LogP contribution in [0, 0.1) is 0 Å². The zero-order valence-corrected chi connectivity index (χ0v) is 10.4. The highest BCUT2D eigenvalue weighted by atomic mass is 16.5. The van der Waals surface area contributed by atoms with Gasteiger partial charge in [0.25, 0.3) is 0 Å². The number of hydrogen-bond donors (Lipinski definition) is 1. The zero-order chi connectivity index (χ0) is 12.2. The molecule has 0 fully saturated rings. The summed E-state index contributed by atoms with van der Waals surface area (Å²) >= 11 is 0. The van der Waals surface area contributed by atoms with Crippen LogP contribution in [0.1, 0.15) is 32.3 Å². The minimum Gasteiger partial charge on any atom is -0.496 e. The maximum absolute atomic E-state index is 10.4. The quantitative estimate of drug-likeness (QED) is 0.835. The number of ether oxygens (including phenoxy) is 2. The van der Waals surface area contributed by atoms with E-state index in [2.05, 4.69) is 0 Å². The van der Waals surface area contributed by atoms with E-state index >= 15 is 0 Å². The predicted molar refractivity (Wildman–Crippen MR) is 64.0 cm³/mol. The molecule has 3 nitrogen and oxygen atoms in total. The first-order valence-corrected chi connectivity index (χ1v) is 5.50. The molecular weight excluding hydrogens is 204 g/mol. The van der Waals surface area contributed by atoms with Gasteiger partial charge in [-0.15, -0.1) is 0 Å². The molecule has 0 aliphatic carbocycles. The number of hydrogen-bond acceptors (Lipinski definition) is 3. The Morgan fingerprint density at radius 2 is 1.69 bits per heavy atom. The van der Waals surface area contributed by atoms with Crippen LogP contribution in [0.2, 0.25) is 0 Å². The van der Waals surface area contributed by atoms with E-state index in [1.54, 1.807) is 21.1 Å². The summed E-state index contributed by atoms with van der Waals surface area (Å²) in [6.45, 7) is 3.83. The third kappa shape index (κ3) is 2.47. The van der Waals surface area contributed by atoms with E-state index in [1.807, 2.05) is 25.1 Å². The molecule has 0 saturated carbocycles. The fourth-order valence-corrected chi connectivity index (χ4v) is 1.99. The van der Waals surface area contributed by atoms with E-state index < -0.39 is 5.60 Å². The monoisotopic (exact) mass is 224 g/mol. The molecule has 1 aromatic carbocycles. The number of benzene rings is 1. The van der Waals surface area contributed by atoms with Gasteiger partial charge in [0.1, 0.15) is 11.5 Å². The SMILES string of the molecule is CCCC(C)(O)c1c(OC)cccc1OC. The smallest absolute Gasteiger partial charge is 0.128 e. The third-order valence-electron chi connectivity index (χ3n) is 2.70. The van der Waals surface area contributed by atoms with E-state index in [1.165, 1.54) is 0 Å². The van der Waals surface area contributed by atoms with Gasteiger partial charge in [-0.05, 0) is 25.5 Å². The van der Waals surface area contributed by atoms with E-state index in [4.69, 9.17) is 9.47 Å². The summed E-state index contributed by atoms with van der Waals surface area (Å²) in [6, 6.07) is 5.52. The molecule has 0 spiro atoms. The van der Waals surface area contributed by atoms with Gasteiger partial charge in [0.15, 0.2) is 0 Å². The first kappa shape index (κ1) is 12.8. The molecule has 0 amide bonds. The Kier molecular flexibility index (Phi) is 4.19. The average molecular weight is 224 g/mol. The maximum atomic E-state index is 10.4. The summed E-state index contributed by atoms with van der Waals surface area (Å²) in [6.07, 6.45) is 1.57. The minimum atomic E-state index is -0.924. The van der Waals surface area contributed by atoms with Crippen molar-refractivity contribution in [1.29, 1.82) is 0 Å². The van der Waals surface area contributed by atoms with Gasteiger partial charge in [-0.3, -0.25) is 0 Å². The lowest BCUT2D eigenvalue weighted by Crippen LogP contribution is -2.22. The highest BCUT2D eigenvalue weighted by Gasteiger charge is 2.29. The van der Waals surface area contributed by atoms with Crippen LogP contribution in [0.3, 0.4) is 0 Å². The first-order chi connectivity index (χ1) is 7.56. The molecular formula is C13H20O3. The number of rotatable bonds is 5. The van der Waals surface area contributed by atoms with Crippen LogP contribution in [0.5, 0.6) is 11.5 Å². The summed E-state index contributed by atoms with van der Waals surface area (Å²) in [5, 5.41) is 10.4. The molecule has 0 aromatic heterocycles. The molecule has 1 atom stereocenters. The van der Waals surface area contributed by atoms with Crippen LogP contribution in [0.25, 0.3) is 0 Å². The summed E-state index contributed by atoms with van der Waals surface area (Å²) < 4.78 is 10.6. The second-order valence-corrected chi connectivity index (χ2v) is 4.06. The molecule has 0 heterocycles. The van der Waals surface area contributed by atoms with Crippen molar-refractivity contribution < 1.29 is 14.6 Å². The fraction of sp³-hybridized carbons (Fsp3) is 0.538. The van der Waals surface area contributed by atoms with Gasteiger partial charge in [0.05, 0.1) is 25.4 Å². The molecule has 1 rings (SSSR count). The van der Waals surface area contributed by atoms with E-state index in [-0.39, 0.29) is 0 Å². The Bertz CT molecular complexity index is 323. The molecule has 1 N–H and O–H groups in total. The first-order valence-electron chi connectivity index (χ1n) is 5.50. The highest BCUT2D eigenvalue weighted by Crippen LogP contribution is 2.39. The summed E-state index contributed by atoms with van der Waals surface area (Å²) in [5.41, 5.74) is -0.200. The van der Waals surface area contributed by atoms with E-state index in [9.17, 15) is 5.11 Å². The average Bonchev–Trinajstić information content (AvgIpc) is 2.27. The lowest BCUT2D eigenvalue weighted by molar-refractivity contribution is 0.0419. The Labute approximate surface area is 97.0 Å². The van der Waals surface area contributed by atoms with Crippen molar-refractivity contribution in [1.82, 2.24) is 0 Å². The normalized spacial score (nSPS) is 14.3. The molecule has 0 aliphatic rings. The van der Waals surface area contributed by atoms with Gasteiger partial charge < -0.3 is 14.6 Å². The van der Waals surface area contributed by atoms with Gasteiger partial charge in [0.2, 0.25) is 0 Å². The fourth-order valence-electron chi connectivity index (χ4n) is 1.99. The van der Waals surface area contributed by atoms with Crippen LogP contribution in [0.4, 0.5) is 0 Å². The molecule has 0 bridgehead atoms. The number of methoxy groups -OCH3 is 2. The molecule has 1 aromatic rings. The topological polar surface area (TPSA) is 38.7 Å². The van der Waals surface area contributed by atoms with Gasteiger partial charge in [-0.1, -0.05) is 19.4 Å². The highest BCUT2D eigenvalue weighted by molar-refractivity contribution is 5.48. The van der Waals surface area contributed by atoms with Gasteiger partial charge >= 0.3 is 0 Å². The van der Waals surface area contributed by atoms with Crippen LogP contribution < -0.4 is 9.47 Å². The third-order valence-corrected chi connectivity index (χ3v) is 2.70. The largest absolute Gasteiger partial charge is 0.496 e. The van der Waals surface area contributed by atoms with Crippen LogP contribution in [-0.2, 0) is 5.60 Å². The lowest BCUT2D eigenvalue weighted by Gasteiger charge is -2.27. The summed E-state index contributed by atoms with van der Waals surface area (Å²) in [4.78, 5) is 0. The Hall–Kier alpha value is -1.22. The molecule has 1 unspecified atom stereocenters. The predicted octanol–water partition coefficient (Wildman–Crippen LogP) is 2.71. The van der Waals surface area contributed by atoms with E-state index in [0.717, 1.165) is 12.0 Å².